The Morgan fingerprint density at radius 1 is 0.267 bits per heavy atom. The van der Waals surface area contributed by atoms with E-state index in [-0.39, 0.29) is 33.5 Å². The van der Waals surface area contributed by atoms with Crippen molar-refractivity contribution in [1.82, 2.24) is 0 Å². The quantitative estimate of drug-likeness (QED) is 0.176. The Balaban J connectivity index is 1.50. The molecule has 0 spiro atoms. The fourth-order valence-corrected chi connectivity index (χ4v) is 10.7. The van der Waals surface area contributed by atoms with E-state index in [1.807, 2.05) is 0 Å². The average Bonchev–Trinajstić information content (AvgIpc) is 3.21. The smallest absolute Gasteiger partial charge is 0.119 e. The van der Waals surface area contributed by atoms with Crippen molar-refractivity contribution in [3.05, 3.63) is 212 Å². The summed E-state index contributed by atoms with van der Waals surface area (Å²) in [6.45, 7) is 26.8. The van der Waals surface area contributed by atoms with Crippen LogP contribution in [-0.4, -0.2) is 10.2 Å². The number of hydrogen-bond donors (Lipinski definition) is 2. The minimum atomic E-state index is -1.52. The monoisotopic (exact) mass is 795 g/mol. The zero-order chi connectivity index (χ0) is 43.2. The van der Waals surface area contributed by atoms with Gasteiger partial charge in [-0.1, -0.05) is 229 Å². The van der Waals surface area contributed by atoms with Gasteiger partial charge in [0.2, 0.25) is 0 Å². The van der Waals surface area contributed by atoms with E-state index >= 15 is 0 Å². The van der Waals surface area contributed by atoms with Crippen LogP contribution >= 0.6 is 0 Å². The summed E-state index contributed by atoms with van der Waals surface area (Å²) in [4.78, 5) is 0. The van der Waals surface area contributed by atoms with Crippen molar-refractivity contribution < 1.29 is 10.2 Å². The molecule has 2 atom stereocenters. The molecule has 0 heterocycles. The van der Waals surface area contributed by atoms with Crippen LogP contribution in [0.5, 0.6) is 0 Å². The van der Waals surface area contributed by atoms with Gasteiger partial charge in [0.05, 0.1) is 0 Å². The van der Waals surface area contributed by atoms with E-state index in [2.05, 4.69) is 229 Å². The van der Waals surface area contributed by atoms with Gasteiger partial charge in [0.1, 0.15) is 11.2 Å². The molecule has 3 aliphatic rings. The second kappa shape index (κ2) is 14.4. The highest BCUT2D eigenvalue weighted by molar-refractivity contribution is 5.61. The summed E-state index contributed by atoms with van der Waals surface area (Å²) in [5.41, 5.74) is 9.82. The lowest BCUT2D eigenvalue weighted by molar-refractivity contribution is -0.105. The van der Waals surface area contributed by atoms with E-state index in [0.29, 0.717) is 0 Å². The van der Waals surface area contributed by atoms with Gasteiger partial charge in [0, 0.05) is 23.7 Å². The SMILES string of the molecule is CC(C)(C)c1ccc(C(O)(c2ccc(C(C)(C)C)cc2)[C@@H]2C3c4ccccc4C(c4ccccc43)[C@H]2C(O)(c2ccc(C(C)(C)C)cc2)c2ccc(C(C)(C)C)cc2)cc1. The first-order valence-electron chi connectivity index (χ1n) is 22.1. The molecule has 3 aliphatic carbocycles. The van der Waals surface area contributed by atoms with E-state index in [0.717, 1.165) is 22.3 Å². The normalized spacial score (nSPS) is 19.5. The summed E-state index contributed by atoms with van der Waals surface area (Å²) in [5, 5.41) is 29.1. The number of rotatable bonds is 6. The summed E-state index contributed by atoms with van der Waals surface area (Å²) in [5.74, 6) is -1.45. The average molecular weight is 795 g/mol. The van der Waals surface area contributed by atoms with Gasteiger partial charge in [-0.3, -0.25) is 0 Å². The van der Waals surface area contributed by atoms with Gasteiger partial charge in [-0.25, -0.2) is 0 Å². The Labute approximate surface area is 360 Å². The largest absolute Gasteiger partial charge is 0.380 e. The number of aliphatic hydroxyl groups is 2. The lowest BCUT2D eigenvalue weighted by atomic mass is 9.45. The van der Waals surface area contributed by atoms with E-state index in [9.17, 15) is 10.2 Å². The highest BCUT2D eigenvalue weighted by Crippen LogP contribution is 2.68. The molecular formula is C58H66O2. The topological polar surface area (TPSA) is 40.5 Å². The fourth-order valence-electron chi connectivity index (χ4n) is 10.7. The molecule has 2 heteroatoms. The maximum atomic E-state index is 14.6. The molecular weight excluding hydrogens is 729 g/mol. The van der Waals surface area contributed by atoms with Crippen LogP contribution in [0, 0.1) is 11.8 Å². The zero-order valence-electron chi connectivity index (χ0n) is 38.1. The summed E-state index contributed by atoms with van der Waals surface area (Å²) >= 11 is 0. The molecule has 0 saturated heterocycles. The Kier molecular flexibility index (Phi) is 10.1. The van der Waals surface area contributed by atoms with Crippen molar-refractivity contribution in [2.45, 2.75) is 128 Å². The van der Waals surface area contributed by atoms with E-state index in [1.165, 1.54) is 44.5 Å². The molecule has 0 aromatic heterocycles. The van der Waals surface area contributed by atoms with Crippen LogP contribution in [0.2, 0.25) is 0 Å². The molecule has 0 fully saturated rings. The molecule has 2 N–H and O–H groups in total. The van der Waals surface area contributed by atoms with E-state index < -0.39 is 23.0 Å². The van der Waals surface area contributed by atoms with Crippen LogP contribution in [0.1, 0.15) is 162 Å². The van der Waals surface area contributed by atoms with Crippen molar-refractivity contribution in [2.24, 2.45) is 11.8 Å². The van der Waals surface area contributed by atoms with Gasteiger partial charge in [-0.15, -0.1) is 0 Å². The van der Waals surface area contributed by atoms with E-state index in [4.69, 9.17) is 0 Å². The molecule has 0 saturated carbocycles. The molecule has 0 radical (unpaired) electrons. The Bertz CT molecular complexity index is 2140. The van der Waals surface area contributed by atoms with Crippen LogP contribution in [0.4, 0.5) is 0 Å². The second-order valence-electron chi connectivity index (χ2n) is 22.1. The van der Waals surface area contributed by atoms with Gasteiger partial charge >= 0.3 is 0 Å². The third-order valence-electron chi connectivity index (χ3n) is 14.2. The lowest BCUT2D eigenvalue weighted by Gasteiger charge is -2.60. The first kappa shape index (κ1) is 42.0. The Morgan fingerprint density at radius 3 is 0.600 bits per heavy atom. The standard InChI is InChI=1S/C58H66O2/c1-53(2,3)37-21-29-41(30-22-37)57(59,42-31-23-38(24-32-42)54(4,5)6)51-49-45-17-13-15-19-47(45)50(48-20-16-14-18-46(48)49)52(51)58(60,43-33-25-39(26-34-43)55(7,8)9)44-35-27-40(28-36-44)56(10,11)12/h13-36,49-52,59-60H,1-12H3/t49?,50?,51-,52-/m1/s1. The summed E-state index contributed by atoms with van der Waals surface area (Å²) in [6.07, 6.45) is 0. The predicted octanol–water partition coefficient (Wildman–Crippen LogP) is 13.6. The van der Waals surface area contributed by atoms with Crippen molar-refractivity contribution >= 4 is 0 Å². The molecule has 0 aliphatic heterocycles. The van der Waals surface area contributed by atoms with Gasteiger partial charge < -0.3 is 10.2 Å². The molecule has 6 aromatic carbocycles. The van der Waals surface area contributed by atoms with E-state index in [1.54, 1.807) is 0 Å². The summed E-state index contributed by atoms with van der Waals surface area (Å²) in [6, 6.07) is 52.5. The van der Waals surface area contributed by atoms with Crippen molar-refractivity contribution in [3.8, 4) is 0 Å². The van der Waals surface area contributed by atoms with Gasteiger partial charge in [-0.05, 0) is 88.4 Å². The van der Waals surface area contributed by atoms with Crippen molar-refractivity contribution in [1.29, 1.82) is 0 Å². The molecule has 2 nitrogen and oxygen atoms in total. The minimum Gasteiger partial charge on any atom is -0.380 e. The maximum absolute atomic E-state index is 14.6. The first-order chi connectivity index (χ1) is 28.1. The van der Waals surface area contributed by atoms with Crippen LogP contribution < -0.4 is 0 Å². The molecule has 60 heavy (non-hydrogen) atoms. The molecule has 0 amide bonds. The number of hydrogen-bond acceptors (Lipinski definition) is 2. The Hall–Kier alpha value is -4.76. The third-order valence-corrected chi connectivity index (χ3v) is 14.2. The third kappa shape index (κ3) is 6.89. The fraction of sp³-hybridized carbons (Fsp3) is 0.379. The Morgan fingerprint density at radius 2 is 0.433 bits per heavy atom. The van der Waals surface area contributed by atoms with Gasteiger partial charge in [0.25, 0.3) is 0 Å². The van der Waals surface area contributed by atoms with Crippen molar-refractivity contribution in [3.63, 3.8) is 0 Å². The predicted molar refractivity (Wildman–Crippen MR) is 250 cm³/mol. The van der Waals surface area contributed by atoms with Crippen molar-refractivity contribution in [2.75, 3.05) is 0 Å². The first-order valence-corrected chi connectivity index (χ1v) is 22.1. The van der Waals surface area contributed by atoms with Crippen LogP contribution in [0.15, 0.2) is 146 Å². The number of benzene rings is 6. The molecule has 0 unspecified atom stereocenters. The summed E-state index contributed by atoms with van der Waals surface area (Å²) < 4.78 is 0. The minimum absolute atomic E-state index is 0.0615. The van der Waals surface area contributed by atoms with Crippen LogP contribution in [0.3, 0.4) is 0 Å². The maximum Gasteiger partial charge on any atom is 0.119 e. The molecule has 310 valence electrons. The van der Waals surface area contributed by atoms with Crippen LogP contribution in [-0.2, 0) is 32.9 Å². The van der Waals surface area contributed by atoms with Crippen LogP contribution in [0.25, 0.3) is 0 Å². The zero-order valence-corrected chi connectivity index (χ0v) is 38.1. The number of fused-ring (bicyclic) bond motifs is 1. The second-order valence-corrected chi connectivity index (χ2v) is 22.1. The summed E-state index contributed by atoms with van der Waals surface area (Å²) in [7, 11) is 0. The highest BCUT2D eigenvalue weighted by atomic mass is 16.3. The lowest BCUT2D eigenvalue weighted by Crippen LogP contribution is -2.58. The molecule has 9 rings (SSSR count). The van der Waals surface area contributed by atoms with Gasteiger partial charge in [0.15, 0.2) is 0 Å². The highest BCUT2D eigenvalue weighted by Gasteiger charge is 2.64. The molecule has 6 aromatic rings. The molecule has 2 bridgehead atoms. The van der Waals surface area contributed by atoms with Gasteiger partial charge in [-0.2, -0.15) is 0 Å².